The molecule has 0 amide bonds. The SMILES string of the molecule is C=CN.FC1(F)CCC(CNc2ncc3c(-c4ccn5ncc(C6CC(F)(F)C6)c5c4)c[nH]c3n2)CC1. The zero-order valence-corrected chi connectivity index (χ0v) is 20.2. The number of pyridine rings is 1. The normalized spacial score (nSPS) is 19.2. The Labute approximate surface area is 211 Å². The summed E-state index contributed by atoms with van der Waals surface area (Å²) in [5.74, 6) is -4.66. The standard InChI is InChI=1S/C24H24F4N6.C2H5N/c25-23(26)4-1-14(2-5-23)10-30-22-31-12-19-17(11-29-21(19)33-22)15-3-6-34-20(7-15)18(13-32-34)16-8-24(27,28)9-16;1-2-3/h3,6-7,11-14,16H,1-2,4-5,8-10H2,(H2,29,30,31,33);2H,1,3H2. The number of nitrogens with two attached hydrogens (primary N) is 1. The number of aromatic nitrogens is 5. The summed E-state index contributed by atoms with van der Waals surface area (Å²) in [4.78, 5) is 12.1. The lowest BCUT2D eigenvalue weighted by atomic mass is 9.77. The van der Waals surface area contributed by atoms with Crippen molar-refractivity contribution in [1.82, 2.24) is 24.6 Å². The average Bonchev–Trinajstić information content (AvgIpc) is 3.45. The van der Waals surface area contributed by atoms with Gasteiger partial charge in [0.15, 0.2) is 0 Å². The Morgan fingerprint density at radius 1 is 1.16 bits per heavy atom. The van der Waals surface area contributed by atoms with Gasteiger partial charge in [-0.25, -0.2) is 27.1 Å². The summed E-state index contributed by atoms with van der Waals surface area (Å²) in [6.07, 6.45) is 8.93. The fourth-order valence-electron chi connectivity index (χ4n) is 5.13. The van der Waals surface area contributed by atoms with Crippen LogP contribution in [0, 0.1) is 5.92 Å². The molecule has 0 unspecified atom stereocenters. The monoisotopic (exact) mass is 515 g/mol. The molecule has 4 aromatic heterocycles. The van der Waals surface area contributed by atoms with E-state index in [1.54, 1.807) is 16.9 Å². The summed E-state index contributed by atoms with van der Waals surface area (Å²) in [6, 6.07) is 3.89. The van der Waals surface area contributed by atoms with Crippen LogP contribution in [0.4, 0.5) is 23.5 Å². The maximum Gasteiger partial charge on any atom is 0.249 e. The Kier molecular flexibility index (Phi) is 6.55. The highest BCUT2D eigenvalue weighted by atomic mass is 19.3. The van der Waals surface area contributed by atoms with Crippen LogP contribution in [0.5, 0.6) is 0 Å². The van der Waals surface area contributed by atoms with Crippen LogP contribution in [-0.2, 0) is 0 Å². The number of hydrogen-bond donors (Lipinski definition) is 3. The number of rotatable bonds is 5. The van der Waals surface area contributed by atoms with Crippen LogP contribution in [-0.4, -0.2) is 43.0 Å². The third kappa shape index (κ3) is 5.26. The van der Waals surface area contributed by atoms with E-state index in [2.05, 4.69) is 37.7 Å². The number of nitrogens with zero attached hydrogens (tertiary/aromatic N) is 4. The molecule has 0 aliphatic heterocycles. The number of fused-ring (bicyclic) bond motifs is 2. The Hall–Kier alpha value is -3.63. The Balaban J connectivity index is 0.000000892. The first-order valence-electron chi connectivity index (χ1n) is 12.3. The predicted molar refractivity (Wildman–Crippen MR) is 135 cm³/mol. The van der Waals surface area contributed by atoms with Crippen LogP contribution in [0.15, 0.2) is 49.7 Å². The van der Waals surface area contributed by atoms with Gasteiger partial charge in [-0.15, -0.1) is 0 Å². The Morgan fingerprint density at radius 2 is 1.89 bits per heavy atom. The van der Waals surface area contributed by atoms with Crippen molar-refractivity contribution in [2.45, 2.75) is 56.3 Å². The number of H-pyrrole nitrogens is 1. The van der Waals surface area contributed by atoms with E-state index >= 15 is 0 Å². The molecule has 4 heterocycles. The molecule has 0 atom stereocenters. The third-order valence-electron chi connectivity index (χ3n) is 7.21. The summed E-state index contributed by atoms with van der Waals surface area (Å²) in [7, 11) is 0. The zero-order valence-electron chi connectivity index (χ0n) is 20.2. The molecule has 196 valence electrons. The van der Waals surface area contributed by atoms with Gasteiger partial charge in [-0.2, -0.15) is 10.1 Å². The quantitative estimate of drug-likeness (QED) is 0.279. The van der Waals surface area contributed by atoms with Gasteiger partial charge in [0.1, 0.15) is 5.65 Å². The molecular weight excluding hydrogens is 486 g/mol. The summed E-state index contributed by atoms with van der Waals surface area (Å²) in [5.41, 5.74) is 8.76. The lowest BCUT2D eigenvalue weighted by Crippen LogP contribution is -2.33. The number of aromatic amines is 1. The van der Waals surface area contributed by atoms with Gasteiger partial charge >= 0.3 is 0 Å². The summed E-state index contributed by atoms with van der Waals surface area (Å²) < 4.78 is 55.2. The summed E-state index contributed by atoms with van der Waals surface area (Å²) in [6.45, 7) is 3.70. The lowest BCUT2D eigenvalue weighted by molar-refractivity contribution is -0.0864. The van der Waals surface area contributed by atoms with E-state index in [1.807, 2.05) is 24.5 Å². The molecule has 2 aliphatic carbocycles. The van der Waals surface area contributed by atoms with Gasteiger partial charge in [0.2, 0.25) is 17.8 Å². The number of anilines is 1. The minimum atomic E-state index is -2.58. The largest absolute Gasteiger partial charge is 0.405 e. The maximum absolute atomic E-state index is 13.4. The highest BCUT2D eigenvalue weighted by Gasteiger charge is 2.46. The first-order chi connectivity index (χ1) is 17.7. The minimum Gasteiger partial charge on any atom is -0.405 e. The lowest BCUT2D eigenvalue weighted by Gasteiger charge is -2.34. The molecule has 4 aromatic rings. The maximum atomic E-state index is 13.4. The van der Waals surface area contributed by atoms with Crippen molar-refractivity contribution in [2.24, 2.45) is 11.7 Å². The van der Waals surface area contributed by atoms with Crippen molar-refractivity contribution in [3.05, 3.63) is 55.3 Å². The molecule has 0 spiro atoms. The molecule has 0 bridgehead atoms. The van der Waals surface area contributed by atoms with E-state index in [0.29, 0.717) is 31.0 Å². The van der Waals surface area contributed by atoms with Crippen LogP contribution in [0.25, 0.3) is 27.7 Å². The fraction of sp³-hybridized carbons (Fsp3) is 0.423. The van der Waals surface area contributed by atoms with E-state index in [4.69, 9.17) is 0 Å². The van der Waals surface area contributed by atoms with E-state index in [1.165, 1.54) is 6.20 Å². The van der Waals surface area contributed by atoms with Gasteiger partial charge in [-0.05, 0) is 48.6 Å². The van der Waals surface area contributed by atoms with E-state index in [0.717, 1.165) is 27.6 Å². The first-order valence-corrected chi connectivity index (χ1v) is 12.3. The van der Waals surface area contributed by atoms with Gasteiger partial charge in [0.05, 0.1) is 11.7 Å². The van der Waals surface area contributed by atoms with Crippen molar-refractivity contribution in [3.8, 4) is 11.1 Å². The van der Waals surface area contributed by atoms with Gasteiger partial charge in [0.25, 0.3) is 0 Å². The van der Waals surface area contributed by atoms with E-state index in [9.17, 15) is 17.6 Å². The van der Waals surface area contributed by atoms with Crippen molar-refractivity contribution in [2.75, 3.05) is 11.9 Å². The first kappa shape index (κ1) is 25.0. The highest BCUT2D eigenvalue weighted by molar-refractivity contribution is 5.94. The molecule has 2 saturated carbocycles. The molecule has 2 aliphatic rings. The minimum absolute atomic E-state index is 0.0638. The van der Waals surface area contributed by atoms with Crippen molar-refractivity contribution in [3.63, 3.8) is 0 Å². The van der Waals surface area contributed by atoms with Crippen LogP contribution in [0.3, 0.4) is 0 Å². The molecule has 0 saturated heterocycles. The second kappa shape index (κ2) is 9.68. The third-order valence-corrected chi connectivity index (χ3v) is 7.21. The van der Waals surface area contributed by atoms with E-state index < -0.39 is 11.8 Å². The number of hydrogen-bond acceptors (Lipinski definition) is 5. The molecule has 0 aromatic carbocycles. The van der Waals surface area contributed by atoms with Crippen molar-refractivity contribution >= 4 is 22.5 Å². The fourth-order valence-corrected chi connectivity index (χ4v) is 5.13. The zero-order chi connectivity index (χ0) is 26.2. The smallest absolute Gasteiger partial charge is 0.249 e. The summed E-state index contributed by atoms with van der Waals surface area (Å²) in [5, 5.41) is 8.34. The van der Waals surface area contributed by atoms with Gasteiger partial charge in [0, 0.05) is 67.3 Å². The second-order valence-corrected chi connectivity index (χ2v) is 9.88. The van der Waals surface area contributed by atoms with Crippen molar-refractivity contribution in [1.29, 1.82) is 0 Å². The van der Waals surface area contributed by atoms with Crippen LogP contribution < -0.4 is 11.1 Å². The number of halogens is 4. The molecule has 2 fully saturated rings. The molecular formula is C26H29F4N7. The second-order valence-electron chi connectivity index (χ2n) is 9.88. The Morgan fingerprint density at radius 3 is 2.59 bits per heavy atom. The molecule has 37 heavy (non-hydrogen) atoms. The summed E-state index contributed by atoms with van der Waals surface area (Å²) >= 11 is 0. The molecule has 4 N–H and O–H groups in total. The van der Waals surface area contributed by atoms with E-state index in [-0.39, 0.29) is 37.5 Å². The van der Waals surface area contributed by atoms with Crippen LogP contribution in [0.2, 0.25) is 0 Å². The Bertz CT molecular complexity index is 1390. The van der Waals surface area contributed by atoms with Gasteiger partial charge in [-0.1, -0.05) is 6.58 Å². The highest BCUT2D eigenvalue weighted by Crippen LogP contribution is 2.49. The van der Waals surface area contributed by atoms with Crippen molar-refractivity contribution < 1.29 is 17.6 Å². The van der Waals surface area contributed by atoms with Crippen LogP contribution in [0.1, 0.15) is 50.0 Å². The molecule has 0 radical (unpaired) electrons. The topological polar surface area (TPSA) is 96.9 Å². The average molecular weight is 516 g/mol. The predicted octanol–water partition coefficient (Wildman–Crippen LogP) is 6.11. The number of alkyl halides is 4. The van der Waals surface area contributed by atoms with Gasteiger partial charge < -0.3 is 16.0 Å². The van der Waals surface area contributed by atoms with Gasteiger partial charge in [-0.3, -0.25) is 0 Å². The number of nitrogens with one attached hydrogen (secondary N) is 2. The molecule has 7 nitrogen and oxygen atoms in total. The molecule has 6 rings (SSSR count). The van der Waals surface area contributed by atoms with Crippen LogP contribution >= 0.6 is 0 Å². The molecule has 11 heteroatoms.